The number of aliphatic hydroxyl groups is 1. The van der Waals surface area contributed by atoms with E-state index >= 15 is 0 Å². The average molecular weight is 937 g/mol. The lowest BCUT2D eigenvalue weighted by Crippen LogP contribution is -2.45. The number of hydrogen-bond acceptors (Lipinski definition) is 14. The van der Waals surface area contributed by atoms with Gasteiger partial charge in [-0.1, -0.05) is 74.5 Å². The van der Waals surface area contributed by atoms with E-state index in [0.29, 0.717) is 36.6 Å². The average Bonchev–Trinajstić information content (AvgIpc) is 3.78. The summed E-state index contributed by atoms with van der Waals surface area (Å²) in [6.45, 7) is 9.15. The van der Waals surface area contributed by atoms with Gasteiger partial charge in [-0.3, -0.25) is 24.0 Å². The van der Waals surface area contributed by atoms with E-state index in [0.717, 1.165) is 37.0 Å². The number of ketones is 3. The molecule has 0 saturated carbocycles. The zero-order valence-electron chi connectivity index (χ0n) is 39.3. The Morgan fingerprint density at radius 2 is 1.54 bits per heavy atom. The largest absolute Gasteiger partial charge is 0.507 e. The second kappa shape index (κ2) is 22.9. The van der Waals surface area contributed by atoms with Gasteiger partial charge in [0, 0.05) is 42.9 Å². The fourth-order valence-electron chi connectivity index (χ4n) is 9.27. The highest BCUT2D eigenvalue weighted by molar-refractivity contribution is 6.58. The Hall–Kier alpha value is -5.95. The number of amides is 2. The minimum absolute atomic E-state index is 0.0546. The molecule has 2 heterocycles. The fraction of sp³-hybridized carbons (Fsp3) is 0.431. The van der Waals surface area contributed by atoms with Crippen molar-refractivity contribution in [2.45, 2.75) is 90.1 Å². The predicted molar refractivity (Wildman–Crippen MR) is 251 cm³/mol. The van der Waals surface area contributed by atoms with Crippen LogP contribution < -0.4 is 15.5 Å². The van der Waals surface area contributed by atoms with Gasteiger partial charge in [-0.2, -0.15) is 0 Å². The van der Waals surface area contributed by atoms with Crippen LogP contribution in [0.3, 0.4) is 0 Å². The predicted octanol–water partition coefficient (Wildman–Crippen LogP) is 3.70. The van der Waals surface area contributed by atoms with Gasteiger partial charge in [-0.05, 0) is 80.1 Å². The molecule has 0 radical (unpaired) electrons. The highest BCUT2D eigenvalue weighted by atomic mass is 16.6. The fourth-order valence-corrected chi connectivity index (χ4v) is 9.27. The summed E-state index contributed by atoms with van der Waals surface area (Å²) in [6.07, 6.45) is 3.40. The maximum Gasteiger partial charge on any atom is 0.488 e. The zero-order valence-corrected chi connectivity index (χ0v) is 39.3. The summed E-state index contributed by atoms with van der Waals surface area (Å²) in [4.78, 5) is 62.9. The van der Waals surface area contributed by atoms with Crippen molar-refractivity contribution in [2.24, 2.45) is 11.8 Å². The standard InChI is InChI=1S/C22H30BNO4.C21H18O7.C8H13NO3/c1-15(2)13-17-5-7-18(8-6-17)16(3)22(25)24-14-21(28-4)19-9-11-20(12-10-19)23(26)27;1-28-14-4-2-3-11-15(14)21(27)17-16(19(11)25)20(26)12-7-9(13(23)8-22)5-6-10(12)18(17)24;1-6-8-7(2-3-11-6)9(4-10)5-12-8/h5-12,15-16,21,26-27H,13-14H2,1-4H3,(H,24,25);2-4,9,22,24,26H,5-8H2,1H3;4,6-8H,2-3,5H2,1H3. The molecule has 68 heavy (non-hydrogen) atoms. The van der Waals surface area contributed by atoms with Gasteiger partial charge in [0.25, 0.3) is 0 Å². The quantitative estimate of drug-likeness (QED) is 0.0561. The number of nitrogens with one attached hydrogen (secondary N) is 1. The smallest absolute Gasteiger partial charge is 0.488 e. The first kappa shape index (κ1) is 51.4. The number of phenolic OH excluding ortho intramolecular Hbond substituents is 2. The van der Waals surface area contributed by atoms with Gasteiger partial charge in [-0.15, -0.1) is 0 Å². The molecule has 0 bridgehead atoms. The van der Waals surface area contributed by atoms with Gasteiger partial charge in [-0.25, -0.2) is 0 Å². The molecule has 4 aromatic rings. The van der Waals surface area contributed by atoms with Crippen LogP contribution in [0.5, 0.6) is 17.2 Å². The Morgan fingerprint density at radius 1 is 0.882 bits per heavy atom. The van der Waals surface area contributed by atoms with Crippen molar-refractivity contribution >= 4 is 42.2 Å². The molecule has 2 aliphatic carbocycles. The molecule has 362 valence electrons. The molecule has 8 rings (SSSR count). The first-order chi connectivity index (χ1) is 32.5. The number of ether oxygens (including phenoxy) is 4. The summed E-state index contributed by atoms with van der Waals surface area (Å²) in [6, 6.07) is 19.9. The number of aliphatic hydroxyl groups excluding tert-OH is 1. The number of methoxy groups -OCH3 is 2. The number of phenols is 2. The molecule has 0 aromatic heterocycles. The van der Waals surface area contributed by atoms with Crippen molar-refractivity contribution in [1.82, 2.24) is 10.2 Å². The second-order valence-corrected chi connectivity index (χ2v) is 17.9. The number of carbonyl (C=O) groups excluding carboxylic acids is 5. The zero-order chi connectivity index (χ0) is 49.4. The summed E-state index contributed by atoms with van der Waals surface area (Å²) in [5, 5.41) is 52.1. The Labute approximate surface area is 396 Å². The minimum atomic E-state index is -1.50. The Balaban J connectivity index is 0.000000181. The van der Waals surface area contributed by atoms with E-state index in [-0.39, 0.29) is 99.9 Å². The Morgan fingerprint density at radius 3 is 2.16 bits per heavy atom. The van der Waals surface area contributed by atoms with Gasteiger partial charge in [0.05, 0.1) is 48.0 Å². The maximum atomic E-state index is 13.1. The van der Waals surface area contributed by atoms with Gasteiger partial charge in [0.1, 0.15) is 36.7 Å². The lowest BCUT2D eigenvalue weighted by molar-refractivity contribution is -0.126. The number of nitrogens with zero attached hydrogens (tertiary/aromatic N) is 1. The number of carbonyl (C=O) groups is 5. The van der Waals surface area contributed by atoms with E-state index in [1.54, 1.807) is 48.4 Å². The van der Waals surface area contributed by atoms with E-state index in [1.807, 2.05) is 26.0 Å². The van der Waals surface area contributed by atoms with Crippen LogP contribution in [0.2, 0.25) is 0 Å². The Kier molecular flexibility index (Phi) is 17.3. The molecule has 6 N–H and O–H groups in total. The van der Waals surface area contributed by atoms with Crippen LogP contribution in [-0.4, -0.2) is 126 Å². The normalized spacial score (nSPS) is 19.9. The van der Waals surface area contributed by atoms with Crippen LogP contribution in [0.15, 0.2) is 66.7 Å². The third-order valence-electron chi connectivity index (χ3n) is 13.1. The molecule has 2 aliphatic heterocycles. The molecular formula is C51H61BN2O14. The molecular weight excluding hydrogens is 875 g/mol. The molecule has 6 unspecified atom stereocenters. The molecule has 4 aromatic carbocycles. The molecule has 16 nitrogen and oxygen atoms in total. The molecule has 17 heteroatoms. The summed E-state index contributed by atoms with van der Waals surface area (Å²) in [7, 11) is 1.47. The third-order valence-corrected chi connectivity index (χ3v) is 13.1. The highest BCUT2D eigenvalue weighted by Crippen LogP contribution is 2.47. The van der Waals surface area contributed by atoms with Gasteiger partial charge in [0.2, 0.25) is 18.1 Å². The van der Waals surface area contributed by atoms with E-state index in [9.17, 15) is 44.2 Å². The van der Waals surface area contributed by atoms with Crippen LogP contribution in [0.4, 0.5) is 0 Å². The van der Waals surface area contributed by atoms with Crippen LogP contribution in [0.25, 0.3) is 0 Å². The summed E-state index contributed by atoms with van der Waals surface area (Å²) < 4.78 is 21.5. The van der Waals surface area contributed by atoms with Crippen LogP contribution >= 0.6 is 0 Å². The summed E-state index contributed by atoms with van der Waals surface area (Å²) in [5.41, 5.74) is 3.84. The van der Waals surface area contributed by atoms with Crippen molar-refractivity contribution in [2.75, 3.05) is 40.7 Å². The highest BCUT2D eigenvalue weighted by Gasteiger charge is 2.42. The van der Waals surface area contributed by atoms with Crippen LogP contribution in [0, 0.1) is 11.8 Å². The lowest BCUT2D eigenvalue weighted by Gasteiger charge is -2.31. The molecule has 0 spiro atoms. The minimum Gasteiger partial charge on any atom is -0.507 e. The molecule has 2 saturated heterocycles. The topological polar surface area (TPSA) is 239 Å². The lowest BCUT2D eigenvalue weighted by atomic mass is 9.75. The van der Waals surface area contributed by atoms with Gasteiger partial charge < -0.3 is 54.5 Å². The third kappa shape index (κ3) is 11.1. The monoisotopic (exact) mass is 936 g/mol. The second-order valence-electron chi connectivity index (χ2n) is 17.9. The van der Waals surface area contributed by atoms with Crippen LogP contribution in [-0.2, 0) is 47.9 Å². The maximum absolute atomic E-state index is 13.1. The molecule has 2 amide bonds. The van der Waals surface area contributed by atoms with Crippen molar-refractivity contribution in [3.8, 4) is 17.2 Å². The molecule has 4 aliphatic rings. The first-order valence-electron chi connectivity index (χ1n) is 22.8. The van der Waals surface area contributed by atoms with Crippen molar-refractivity contribution in [1.29, 1.82) is 0 Å². The number of hydrogen-bond donors (Lipinski definition) is 6. The first-order valence-corrected chi connectivity index (χ1v) is 22.8. The SMILES string of the molecule is CC1OCCC2C1OCN2C=O.COC(CNC(=O)C(C)c1ccc(CC(C)C)cc1)c1ccc(B(O)O)cc1.COc1cccc2c1C(=O)c1c(O)c3c(c(O)c1C2=O)CC(C(=O)CO)CC3. The van der Waals surface area contributed by atoms with E-state index in [4.69, 9.17) is 24.1 Å². The van der Waals surface area contributed by atoms with Crippen LogP contribution in [0.1, 0.15) is 112 Å². The van der Waals surface area contributed by atoms with Gasteiger partial charge >= 0.3 is 7.12 Å². The number of Topliss-reactive ketones (excluding diaryl/α,β-unsaturated/α-hetero) is 1. The number of benzene rings is 4. The van der Waals surface area contributed by atoms with E-state index in [2.05, 4.69) is 31.3 Å². The number of rotatable bonds is 13. The van der Waals surface area contributed by atoms with Crippen molar-refractivity contribution in [3.05, 3.63) is 117 Å². The number of aromatic hydroxyl groups is 2. The van der Waals surface area contributed by atoms with Crippen molar-refractivity contribution in [3.63, 3.8) is 0 Å². The summed E-state index contributed by atoms with van der Waals surface area (Å²) >= 11 is 0. The van der Waals surface area contributed by atoms with Crippen molar-refractivity contribution < 1.29 is 68.3 Å². The van der Waals surface area contributed by atoms with E-state index < -0.39 is 31.2 Å². The molecule has 2 fully saturated rings. The van der Waals surface area contributed by atoms with Gasteiger partial charge in [0.15, 0.2) is 11.6 Å². The van der Waals surface area contributed by atoms with E-state index in [1.165, 1.54) is 18.7 Å². The number of fused-ring (bicyclic) bond motifs is 4. The summed E-state index contributed by atoms with van der Waals surface area (Å²) in [5.74, 6) is -2.27. The molecule has 6 atom stereocenters. The Bertz CT molecular complexity index is 2460.